The van der Waals surface area contributed by atoms with Crippen LogP contribution in [0.3, 0.4) is 0 Å². The van der Waals surface area contributed by atoms with E-state index in [2.05, 4.69) is 81.4 Å². The molecule has 0 fully saturated rings. The summed E-state index contributed by atoms with van der Waals surface area (Å²) in [5, 5.41) is 4.59. The summed E-state index contributed by atoms with van der Waals surface area (Å²) < 4.78 is 1.27. The Hall–Kier alpha value is -1.46. The predicted molar refractivity (Wildman–Crippen MR) is 91.8 cm³/mol. The van der Waals surface area contributed by atoms with E-state index in [0.717, 1.165) is 5.52 Å². The molecule has 0 radical (unpaired) electrons. The van der Waals surface area contributed by atoms with E-state index in [-0.39, 0.29) is 6.04 Å². The molecule has 2 aromatic carbocycles. The SMILES string of the molecule is CNC(c1ccc2ncccc2c1)c1ccccc1I. The van der Waals surface area contributed by atoms with Gasteiger partial charge >= 0.3 is 0 Å². The first-order valence-corrected chi connectivity index (χ1v) is 7.64. The molecule has 1 unspecified atom stereocenters. The molecule has 0 bridgehead atoms. The van der Waals surface area contributed by atoms with Crippen molar-refractivity contribution in [1.29, 1.82) is 0 Å². The minimum absolute atomic E-state index is 0.202. The van der Waals surface area contributed by atoms with Crippen LogP contribution in [0, 0.1) is 3.57 Å². The van der Waals surface area contributed by atoms with Gasteiger partial charge in [-0.3, -0.25) is 4.98 Å². The van der Waals surface area contributed by atoms with Gasteiger partial charge in [0.15, 0.2) is 0 Å². The summed E-state index contributed by atoms with van der Waals surface area (Å²) in [5.74, 6) is 0. The normalized spacial score (nSPS) is 12.5. The fourth-order valence-electron chi connectivity index (χ4n) is 2.48. The lowest BCUT2D eigenvalue weighted by molar-refractivity contribution is 0.689. The van der Waals surface area contributed by atoms with Crippen molar-refractivity contribution in [3.8, 4) is 0 Å². The van der Waals surface area contributed by atoms with Crippen LogP contribution in [-0.4, -0.2) is 12.0 Å². The molecule has 0 saturated heterocycles. The predicted octanol–water partition coefficient (Wildman–Crippen LogP) is 4.15. The Morgan fingerprint density at radius 2 is 1.90 bits per heavy atom. The third-order valence-electron chi connectivity index (χ3n) is 3.47. The molecule has 3 aromatic rings. The second-order valence-electron chi connectivity index (χ2n) is 4.70. The average molecular weight is 374 g/mol. The average Bonchev–Trinajstić information content (AvgIpc) is 2.50. The van der Waals surface area contributed by atoms with Gasteiger partial charge in [0.1, 0.15) is 0 Å². The van der Waals surface area contributed by atoms with Gasteiger partial charge in [-0.2, -0.15) is 0 Å². The van der Waals surface area contributed by atoms with Crippen molar-refractivity contribution < 1.29 is 0 Å². The summed E-state index contributed by atoms with van der Waals surface area (Å²) in [6, 6.07) is 19.2. The molecule has 1 heterocycles. The highest BCUT2D eigenvalue weighted by molar-refractivity contribution is 14.1. The van der Waals surface area contributed by atoms with Crippen molar-refractivity contribution in [2.24, 2.45) is 0 Å². The first-order chi connectivity index (χ1) is 9.79. The summed E-state index contributed by atoms with van der Waals surface area (Å²) in [5.41, 5.74) is 3.60. The van der Waals surface area contributed by atoms with E-state index in [0.29, 0.717) is 0 Å². The van der Waals surface area contributed by atoms with Crippen LogP contribution in [0.15, 0.2) is 60.8 Å². The molecule has 1 atom stereocenters. The van der Waals surface area contributed by atoms with Crippen LogP contribution in [0.4, 0.5) is 0 Å². The van der Waals surface area contributed by atoms with Crippen LogP contribution in [0.5, 0.6) is 0 Å². The largest absolute Gasteiger partial charge is 0.309 e. The number of benzene rings is 2. The quantitative estimate of drug-likeness (QED) is 0.697. The maximum atomic E-state index is 4.38. The van der Waals surface area contributed by atoms with E-state index < -0.39 is 0 Å². The van der Waals surface area contributed by atoms with Crippen LogP contribution >= 0.6 is 22.6 Å². The highest BCUT2D eigenvalue weighted by Gasteiger charge is 2.14. The van der Waals surface area contributed by atoms with Crippen LogP contribution < -0.4 is 5.32 Å². The van der Waals surface area contributed by atoms with Gasteiger partial charge in [-0.15, -0.1) is 0 Å². The zero-order valence-electron chi connectivity index (χ0n) is 11.2. The summed E-state index contributed by atoms with van der Waals surface area (Å²) in [4.78, 5) is 4.38. The van der Waals surface area contributed by atoms with E-state index in [4.69, 9.17) is 0 Å². The van der Waals surface area contributed by atoms with Gasteiger partial charge in [0.25, 0.3) is 0 Å². The summed E-state index contributed by atoms with van der Waals surface area (Å²) in [6.45, 7) is 0. The molecular formula is C17H15IN2. The van der Waals surface area contributed by atoms with Gasteiger partial charge in [-0.1, -0.05) is 30.3 Å². The van der Waals surface area contributed by atoms with Crippen molar-refractivity contribution >= 4 is 33.5 Å². The zero-order valence-corrected chi connectivity index (χ0v) is 13.3. The van der Waals surface area contributed by atoms with Gasteiger partial charge in [-0.25, -0.2) is 0 Å². The topological polar surface area (TPSA) is 24.9 Å². The van der Waals surface area contributed by atoms with Crippen LogP contribution in [0.1, 0.15) is 17.2 Å². The summed E-state index contributed by atoms with van der Waals surface area (Å²) >= 11 is 2.39. The number of fused-ring (bicyclic) bond motifs is 1. The van der Waals surface area contributed by atoms with E-state index in [1.54, 1.807) is 0 Å². The summed E-state index contributed by atoms with van der Waals surface area (Å²) in [7, 11) is 2.00. The van der Waals surface area contributed by atoms with Crippen LogP contribution in [0.2, 0.25) is 0 Å². The van der Waals surface area contributed by atoms with E-state index in [1.165, 1.54) is 20.1 Å². The lowest BCUT2D eigenvalue weighted by atomic mass is 9.97. The molecule has 2 nitrogen and oxygen atoms in total. The third kappa shape index (κ3) is 2.55. The molecule has 100 valence electrons. The molecule has 3 heteroatoms. The highest BCUT2D eigenvalue weighted by Crippen LogP contribution is 2.27. The minimum Gasteiger partial charge on any atom is -0.309 e. The number of hydrogen-bond donors (Lipinski definition) is 1. The molecule has 1 N–H and O–H groups in total. The van der Waals surface area contributed by atoms with Crippen LogP contribution in [0.25, 0.3) is 10.9 Å². The zero-order chi connectivity index (χ0) is 13.9. The maximum absolute atomic E-state index is 4.38. The highest BCUT2D eigenvalue weighted by atomic mass is 127. The van der Waals surface area contributed by atoms with Gasteiger partial charge in [-0.05, 0) is 65.0 Å². The Labute approximate surface area is 132 Å². The minimum atomic E-state index is 0.202. The lowest BCUT2D eigenvalue weighted by Gasteiger charge is -2.19. The Bertz CT molecular complexity index is 740. The van der Waals surface area contributed by atoms with E-state index in [9.17, 15) is 0 Å². The second-order valence-corrected chi connectivity index (χ2v) is 5.86. The number of hydrogen-bond acceptors (Lipinski definition) is 2. The van der Waals surface area contributed by atoms with Gasteiger partial charge < -0.3 is 5.32 Å². The lowest BCUT2D eigenvalue weighted by Crippen LogP contribution is -2.18. The smallest absolute Gasteiger partial charge is 0.0702 e. The van der Waals surface area contributed by atoms with Crippen molar-refractivity contribution in [3.63, 3.8) is 0 Å². The van der Waals surface area contributed by atoms with Gasteiger partial charge in [0.05, 0.1) is 11.6 Å². The maximum Gasteiger partial charge on any atom is 0.0702 e. The molecule has 0 aliphatic heterocycles. The number of nitrogens with zero attached hydrogens (tertiary/aromatic N) is 1. The molecular weight excluding hydrogens is 359 g/mol. The first-order valence-electron chi connectivity index (χ1n) is 6.56. The fraction of sp³-hybridized carbons (Fsp3) is 0.118. The summed E-state index contributed by atoms with van der Waals surface area (Å²) in [6.07, 6.45) is 1.83. The third-order valence-corrected chi connectivity index (χ3v) is 4.45. The van der Waals surface area contributed by atoms with Gasteiger partial charge in [0.2, 0.25) is 0 Å². The van der Waals surface area contributed by atoms with Crippen LogP contribution in [-0.2, 0) is 0 Å². The Morgan fingerprint density at radius 1 is 1.05 bits per heavy atom. The Balaban J connectivity index is 2.10. The molecule has 0 aliphatic carbocycles. The van der Waals surface area contributed by atoms with E-state index >= 15 is 0 Å². The van der Waals surface area contributed by atoms with Crippen molar-refractivity contribution in [1.82, 2.24) is 10.3 Å². The molecule has 0 amide bonds. The number of aromatic nitrogens is 1. The van der Waals surface area contributed by atoms with E-state index in [1.807, 2.05) is 19.3 Å². The standard InChI is InChI=1S/C17H15IN2/c1-19-17(14-6-2-3-7-15(14)18)13-8-9-16-12(11-13)5-4-10-20-16/h2-11,17,19H,1H3. The molecule has 3 rings (SSSR count). The number of nitrogens with one attached hydrogen (secondary N) is 1. The fourth-order valence-corrected chi connectivity index (χ4v) is 3.18. The molecule has 0 spiro atoms. The van der Waals surface area contributed by atoms with Crippen molar-refractivity contribution in [3.05, 3.63) is 75.5 Å². The Morgan fingerprint density at radius 3 is 2.70 bits per heavy atom. The van der Waals surface area contributed by atoms with Crippen molar-refractivity contribution in [2.75, 3.05) is 7.05 Å². The molecule has 0 aliphatic rings. The number of rotatable bonds is 3. The molecule has 20 heavy (non-hydrogen) atoms. The molecule has 0 saturated carbocycles. The monoisotopic (exact) mass is 374 g/mol. The number of pyridine rings is 1. The molecule has 1 aromatic heterocycles. The van der Waals surface area contributed by atoms with Gasteiger partial charge in [0, 0.05) is 15.2 Å². The number of halogens is 1. The Kier molecular flexibility index (Phi) is 3.98. The van der Waals surface area contributed by atoms with Crippen molar-refractivity contribution in [2.45, 2.75) is 6.04 Å². The first kappa shape index (κ1) is 13.5. The second kappa shape index (κ2) is 5.89.